The van der Waals surface area contributed by atoms with Gasteiger partial charge in [-0.15, -0.1) is 0 Å². The zero-order chi connectivity index (χ0) is 13.7. The van der Waals surface area contributed by atoms with Crippen LogP contribution in [0.1, 0.15) is 30.1 Å². The number of rotatable bonds is 6. The van der Waals surface area contributed by atoms with E-state index < -0.39 is 0 Å². The first-order valence-electron chi connectivity index (χ1n) is 6.62. The Morgan fingerprint density at radius 2 is 2.21 bits per heavy atom. The van der Waals surface area contributed by atoms with Gasteiger partial charge in [-0.2, -0.15) is 0 Å². The first-order chi connectivity index (χ1) is 9.20. The van der Waals surface area contributed by atoms with Gasteiger partial charge in [0.1, 0.15) is 17.3 Å². The van der Waals surface area contributed by atoms with Crippen molar-refractivity contribution in [2.24, 2.45) is 5.92 Å². The SMILES string of the molecule is CC(CNc1ncnc(Cl)c1C=O)CN1CCCC1. The monoisotopic (exact) mass is 282 g/mol. The standard InChI is InChI=1S/C13H19ClN4O/c1-10(7-18-4-2-3-5-18)6-15-13-11(8-19)12(14)16-9-17-13/h8-10H,2-7H2,1H3,(H,15,16,17). The number of hydrogen-bond donors (Lipinski definition) is 1. The van der Waals surface area contributed by atoms with Crippen LogP contribution < -0.4 is 5.32 Å². The molecule has 0 spiro atoms. The highest BCUT2D eigenvalue weighted by atomic mass is 35.5. The molecule has 1 aliphatic rings. The summed E-state index contributed by atoms with van der Waals surface area (Å²) in [6.45, 7) is 6.42. The van der Waals surface area contributed by atoms with E-state index in [2.05, 4.69) is 27.1 Å². The van der Waals surface area contributed by atoms with E-state index in [4.69, 9.17) is 11.6 Å². The van der Waals surface area contributed by atoms with Crippen LogP contribution in [0.5, 0.6) is 0 Å². The van der Waals surface area contributed by atoms with Gasteiger partial charge in [-0.05, 0) is 31.8 Å². The lowest BCUT2D eigenvalue weighted by Crippen LogP contribution is -2.29. The van der Waals surface area contributed by atoms with Gasteiger partial charge in [0, 0.05) is 13.1 Å². The number of nitrogens with one attached hydrogen (secondary N) is 1. The molecule has 0 amide bonds. The third kappa shape index (κ3) is 3.88. The molecule has 0 bridgehead atoms. The number of aromatic nitrogens is 2. The van der Waals surface area contributed by atoms with Crippen LogP contribution in [0.4, 0.5) is 5.82 Å². The summed E-state index contributed by atoms with van der Waals surface area (Å²) in [5.41, 5.74) is 0.331. The first-order valence-corrected chi connectivity index (χ1v) is 7.00. The topological polar surface area (TPSA) is 58.1 Å². The van der Waals surface area contributed by atoms with Gasteiger partial charge < -0.3 is 10.2 Å². The van der Waals surface area contributed by atoms with Gasteiger partial charge in [-0.25, -0.2) is 9.97 Å². The van der Waals surface area contributed by atoms with Crippen molar-refractivity contribution in [2.45, 2.75) is 19.8 Å². The minimum absolute atomic E-state index is 0.194. The van der Waals surface area contributed by atoms with Crippen LogP contribution in [-0.4, -0.2) is 47.3 Å². The quantitative estimate of drug-likeness (QED) is 0.639. The molecule has 1 aromatic heterocycles. The van der Waals surface area contributed by atoms with Crippen molar-refractivity contribution >= 4 is 23.7 Å². The van der Waals surface area contributed by atoms with E-state index >= 15 is 0 Å². The highest BCUT2D eigenvalue weighted by molar-refractivity contribution is 6.32. The van der Waals surface area contributed by atoms with Crippen LogP contribution in [-0.2, 0) is 0 Å². The lowest BCUT2D eigenvalue weighted by atomic mass is 10.1. The highest BCUT2D eigenvalue weighted by Gasteiger charge is 2.15. The van der Waals surface area contributed by atoms with Gasteiger partial charge in [0.15, 0.2) is 6.29 Å². The molecule has 0 radical (unpaired) electrons. The Morgan fingerprint density at radius 3 is 2.89 bits per heavy atom. The van der Waals surface area contributed by atoms with Crippen molar-refractivity contribution in [3.63, 3.8) is 0 Å². The molecule has 1 aliphatic heterocycles. The second kappa shape index (κ2) is 6.82. The fraction of sp³-hybridized carbons (Fsp3) is 0.615. The molecule has 1 unspecified atom stereocenters. The molecule has 104 valence electrons. The van der Waals surface area contributed by atoms with E-state index in [1.165, 1.54) is 32.3 Å². The smallest absolute Gasteiger partial charge is 0.156 e. The average Bonchev–Trinajstić information content (AvgIpc) is 2.89. The maximum Gasteiger partial charge on any atom is 0.156 e. The highest BCUT2D eigenvalue weighted by Crippen LogP contribution is 2.18. The summed E-state index contributed by atoms with van der Waals surface area (Å²) in [4.78, 5) is 21.3. The van der Waals surface area contributed by atoms with Crippen LogP contribution in [0.25, 0.3) is 0 Å². The van der Waals surface area contributed by atoms with Crippen molar-refractivity contribution in [1.82, 2.24) is 14.9 Å². The van der Waals surface area contributed by atoms with Crippen LogP contribution >= 0.6 is 11.6 Å². The molecule has 5 nitrogen and oxygen atoms in total. The Bertz CT molecular complexity index is 435. The Balaban J connectivity index is 1.87. The number of halogens is 1. The first kappa shape index (κ1) is 14.2. The molecule has 0 aliphatic carbocycles. The van der Waals surface area contributed by atoms with Crippen molar-refractivity contribution in [1.29, 1.82) is 0 Å². The predicted octanol–water partition coefficient (Wildman–Crippen LogP) is 2.09. The van der Waals surface area contributed by atoms with Crippen LogP contribution in [0, 0.1) is 5.92 Å². The van der Waals surface area contributed by atoms with Gasteiger partial charge in [0.2, 0.25) is 0 Å². The number of aldehydes is 1. The summed E-state index contributed by atoms with van der Waals surface area (Å²) in [5, 5.41) is 3.38. The van der Waals surface area contributed by atoms with Gasteiger partial charge in [-0.1, -0.05) is 18.5 Å². The summed E-state index contributed by atoms with van der Waals surface area (Å²) >= 11 is 5.85. The molecule has 1 atom stereocenters. The minimum Gasteiger partial charge on any atom is -0.369 e. The summed E-state index contributed by atoms with van der Waals surface area (Å²) in [6, 6.07) is 0. The summed E-state index contributed by atoms with van der Waals surface area (Å²) in [5.74, 6) is 1.01. The maximum absolute atomic E-state index is 11.0. The number of carbonyl (C=O) groups is 1. The number of likely N-dealkylation sites (tertiary alicyclic amines) is 1. The van der Waals surface area contributed by atoms with Crippen LogP contribution in [0.2, 0.25) is 5.15 Å². The van der Waals surface area contributed by atoms with E-state index in [9.17, 15) is 4.79 Å². The molecule has 2 heterocycles. The Labute approximate surface area is 118 Å². The Kier molecular flexibility index (Phi) is 5.10. The van der Waals surface area contributed by atoms with Gasteiger partial charge >= 0.3 is 0 Å². The van der Waals surface area contributed by atoms with Gasteiger partial charge in [0.25, 0.3) is 0 Å². The number of nitrogens with zero attached hydrogens (tertiary/aromatic N) is 3. The van der Waals surface area contributed by atoms with E-state index in [1.807, 2.05) is 0 Å². The van der Waals surface area contributed by atoms with Crippen LogP contribution in [0.3, 0.4) is 0 Å². The normalized spacial score (nSPS) is 17.4. The molecular formula is C13H19ClN4O. The molecule has 1 saturated heterocycles. The van der Waals surface area contributed by atoms with Crippen molar-refractivity contribution in [3.8, 4) is 0 Å². The van der Waals surface area contributed by atoms with Crippen LogP contribution in [0.15, 0.2) is 6.33 Å². The van der Waals surface area contributed by atoms with E-state index in [-0.39, 0.29) is 5.15 Å². The molecule has 19 heavy (non-hydrogen) atoms. The summed E-state index contributed by atoms with van der Waals surface area (Å²) in [7, 11) is 0. The third-order valence-corrected chi connectivity index (χ3v) is 3.64. The summed E-state index contributed by atoms with van der Waals surface area (Å²) in [6.07, 6.45) is 4.66. The lowest BCUT2D eigenvalue weighted by Gasteiger charge is -2.20. The zero-order valence-corrected chi connectivity index (χ0v) is 11.9. The lowest BCUT2D eigenvalue weighted by molar-refractivity contribution is 0.112. The van der Waals surface area contributed by atoms with E-state index in [0.717, 1.165) is 13.1 Å². The third-order valence-electron chi connectivity index (χ3n) is 3.34. The number of hydrogen-bond acceptors (Lipinski definition) is 5. The zero-order valence-electron chi connectivity index (χ0n) is 11.1. The molecule has 1 fully saturated rings. The number of carbonyl (C=O) groups excluding carboxylic acids is 1. The van der Waals surface area contributed by atoms with Crippen molar-refractivity contribution in [2.75, 3.05) is 31.5 Å². The molecule has 0 aromatic carbocycles. The molecular weight excluding hydrogens is 264 g/mol. The van der Waals surface area contributed by atoms with Crippen molar-refractivity contribution < 1.29 is 4.79 Å². The Hall–Kier alpha value is -1.20. The van der Waals surface area contributed by atoms with E-state index in [1.54, 1.807) is 0 Å². The molecule has 1 aromatic rings. The second-order valence-corrected chi connectivity index (χ2v) is 5.40. The second-order valence-electron chi connectivity index (χ2n) is 5.04. The minimum atomic E-state index is 0.194. The summed E-state index contributed by atoms with van der Waals surface area (Å²) < 4.78 is 0. The predicted molar refractivity (Wildman–Crippen MR) is 75.8 cm³/mol. The fourth-order valence-corrected chi connectivity index (χ4v) is 2.54. The largest absolute Gasteiger partial charge is 0.369 e. The molecule has 2 rings (SSSR count). The average molecular weight is 283 g/mol. The van der Waals surface area contributed by atoms with Crippen molar-refractivity contribution in [3.05, 3.63) is 17.0 Å². The van der Waals surface area contributed by atoms with E-state index in [0.29, 0.717) is 23.6 Å². The number of anilines is 1. The van der Waals surface area contributed by atoms with Gasteiger partial charge in [-0.3, -0.25) is 4.79 Å². The van der Waals surface area contributed by atoms with Gasteiger partial charge in [0.05, 0.1) is 5.56 Å². The molecule has 0 saturated carbocycles. The Morgan fingerprint density at radius 1 is 1.47 bits per heavy atom. The maximum atomic E-state index is 11.0. The molecule has 6 heteroatoms. The fourth-order valence-electron chi connectivity index (χ4n) is 2.36. The molecule has 1 N–H and O–H groups in total.